The summed E-state index contributed by atoms with van der Waals surface area (Å²) < 4.78 is 10.3. The fourth-order valence-electron chi connectivity index (χ4n) is 1.10. The second-order valence-electron chi connectivity index (χ2n) is 2.95. The molecule has 0 amide bonds. The first-order valence-electron chi connectivity index (χ1n) is 4.20. The fourth-order valence-corrected chi connectivity index (χ4v) is 1.10. The van der Waals surface area contributed by atoms with Gasteiger partial charge >= 0.3 is 6.08 Å². The van der Waals surface area contributed by atoms with Crippen LogP contribution in [0.3, 0.4) is 0 Å². The number of ether oxygens (including phenoxy) is 1. The van der Waals surface area contributed by atoms with Crippen molar-refractivity contribution >= 4 is 5.88 Å². The molecule has 0 atom stereocenters. The van der Waals surface area contributed by atoms with Crippen molar-refractivity contribution in [1.82, 2.24) is 4.98 Å². The molecule has 0 aliphatic heterocycles. The largest absolute Gasteiger partial charge is 0.411 e. The van der Waals surface area contributed by atoms with Gasteiger partial charge in [-0.15, -0.1) is 0 Å². The number of oxazole rings is 1. The van der Waals surface area contributed by atoms with Gasteiger partial charge in [-0.1, -0.05) is 12.1 Å². The highest BCUT2D eigenvalue weighted by Crippen LogP contribution is 2.22. The maximum Gasteiger partial charge on any atom is 0.400 e. The molecule has 0 bridgehead atoms. The van der Waals surface area contributed by atoms with Crippen molar-refractivity contribution in [2.24, 2.45) is 0 Å². The van der Waals surface area contributed by atoms with Crippen LogP contribution in [-0.2, 0) is 0 Å². The topological polar surface area (TPSA) is 61.3 Å². The number of anilines is 1. The molecule has 0 saturated heterocycles. The van der Waals surface area contributed by atoms with Gasteiger partial charge < -0.3 is 14.9 Å². The average molecular weight is 190 g/mol. The summed E-state index contributed by atoms with van der Waals surface area (Å²) in [5.41, 5.74) is 6.47. The van der Waals surface area contributed by atoms with Gasteiger partial charge in [0.2, 0.25) is 5.88 Å². The van der Waals surface area contributed by atoms with E-state index >= 15 is 0 Å². The van der Waals surface area contributed by atoms with Gasteiger partial charge in [-0.05, 0) is 24.6 Å². The van der Waals surface area contributed by atoms with E-state index in [1.807, 2.05) is 31.2 Å². The molecule has 0 saturated carbocycles. The van der Waals surface area contributed by atoms with Crippen molar-refractivity contribution in [2.45, 2.75) is 6.92 Å². The third-order valence-corrected chi connectivity index (χ3v) is 1.70. The number of aromatic nitrogens is 1. The SMILES string of the molecule is Cc1cccc(Oc2ncc(N)o2)c1. The molecule has 4 nitrogen and oxygen atoms in total. The summed E-state index contributed by atoms with van der Waals surface area (Å²) in [6.07, 6.45) is 1.57. The van der Waals surface area contributed by atoms with E-state index in [4.69, 9.17) is 14.9 Å². The van der Waals surface area contributed by atoms with E-state index in [0.29, 0.717) is 5.75 Å². The van der Waals surface area contributed by atoms with Gasteiger partial charge in [-0.2, -0.15) is 4.98 Å². The Morgan fingerprint density at radius 1 is 1.43 bits per heavy atom. The highest BCUT2D eigenvalue weighted by atomic mass is 16.6. The average Bonchev–Trinajstić information content (AvgIpc) is 2.51. The summed E-state index contributed by atoms with van der Waals surface area (Å²) in [7, 11) is 0. The van der Waals surface area contributed by atoms with Crippen LogP contribution in [0.15, 0.2) is 34.9 Å². The van der Waals surface area contributed by atoms with E-state index in [9.17, 15) is 0 Å². The quantitative estimate of drug-likeness (QED) is 0.789. The van der Waals surface area contributed by atoms with Crippen LogP contribution in [0, 0.1) is 6.92 Å². The molecule has 72 valence electrons. The molecule has 1 aromatic carbocycles. The Bertz CT molecular complexity index is 437. The molecule has 2 aromatic rings. The molecule has 1 aromatic heterocycles. The van der Waals surface area contributed by atoms with Crippen molar-refractivity contribution in [3.63, 3.8) is 0 Å². The third kappa shape index (κ3) is 1.85. The summed E-state index contributed by atoms with van der Waals surface area (Å²) in [4.78, 5) is 3.83. The first kappa shape index (κ1) is 8.62. The molecular weight excluding hydrogens is 180 g/mol. The Morgan fingerprint density at radius 3 is 2.93 bits per heavy atom. The van der Waals surface area contributed by atoms with E-state index in [1.165, 1.54) is 6.20 Å². The molecular formula is C10H10N2O2. The monoisotopic (exact) mass is 190 g/mol. The summed E-state index contributed by atoms with van der Waals surface area (Å²) in [5.74, 6) is 0.930. The van der Waals surface area contributed by atoms with Gasteiger partial charge in [-0.3, -0.25) is 0 Å². The standard InChI is InChI=1S/C10H10N2O2/c1-7-3-2-4-8(5-7)13-10-12-6-9(11)14-10/h2-6H,11H2,1H3. The highest BCUT2D eigenvalue weighted by Gasteiger charge is 2.03. The van der Waals surface area contributed by atoms with E-state index in [-0.39, 0.29) is 12.0 Å². The highest BCUT2D eigenvalue weighted by molar-refractivity contribution is 5.30. The lowest BCUT2D eigenvalue weighted by atomic mass is 10.2. The molecule has 0 unspecified atom stereocenters. The lowest BCUT2D eigenvalue weighted by Crippen LogP contribution is -1.84. The van der Waals surface area contributed by atoms with Crippen molar-refractivity contribution < 1.29 is 9.15 Å². The predicted molar refractivity (Wildman–Crippen MR) is 52.2 cm³/mol. The Labute approximate surface area is 81.3 Å². The molecule has 4 heteroatoms. The Balaban J connectivity index is 2.18. The number of benzene rings is 1. The predicted octanol–water partition coefficient (Wildman–Crippen LogP) is 2.36. The van der Waals surface area contributed by atoms with Crippen LogP contribution in [0.4, 0.5) is 5.88 Å². The molecule has 0 radical (unpaired) electrons. The number of hydrogen-bond acceptors (Lipinski definition) is 4. The first-order valence-corrected chi connectivity index (χ1v) is 4.20. The second-order valence-corrected chi connectivity index (χ2v) is 2.95. The molecule has 0 aliphatic carbocycles. The maximum absolute atomic E-state index is 5.35. The Morgan fingerprint density at radius 2 is 2.29 bits per heavy atom. The van der Waals surface area contributed by atoms with E-state index in [2.05, 4.69) is 4.98 Å². The van der Waals surface area contributed by atoms with E-state index in [1.54, 1.807) is 0 Å². The van der Waals surface area contributed by atoms with Gasteiger partial charge in [0.05, 0.1) is 6.20 Å². The fraction of sp³-hybridized carbons (Fsp3) is 0.100. The molecule has 0 aliphatic rings. The van der Waals surface area contributed by atoms with Gasteiger partial charge in [0.25, 0.3) is 0 Å². The lowest BCUT2D eigenvalue weighted by molar-refractivity contribution is 0.336. The van der Waals surface area contributed by atoms with Crippen LogP contribution in [0.1, 0.15) is 5.56 Å². The normalized spacial score (nSPS) is 10.1. The van der Waals surface area contributed by atoms with Crippen LogP contribution in [0.5, 0.6) is 11.8 Å². The van der Waals surface area contributed by atoms with E-state index in [0.717, 1.165) is 5.56 Å². The number of hydrogen-bond donors (Lipinski definition) is 1. The number of nitrogens with zero attached hydrogens (tertiary/aromatic N) is 1. The van der Waals surface area contributed by atoms with Gasteiger partial charge in [0.1, 0.15) is 5.75 Å². The van der Waals surface area contributed by atoms with Crippen molar-refractivity contribution in [2.75, 3.05) is 5.73 Å². The smallest absolute Gasteiger partial charge is 0.400 e. The van der Waals surface area contributed by atoms with E-state index < -0.39 is 0 Å². The van der Waals surface area contributed by atoms with Crippen LogP contribution in [-0.4, -0.2) is 4.98 Å². The number of nitrogens with two attached hydrogens (primary N) is 1. The molecule has 14 heavy (non-hydrogen) atoms. The zero-order chi connectivity index (χ0) is 9.97. The lowest BCUT2D eigenvalue weighted by Gasteiger charge is -2.00. The minimum Gasteiger partial charge on any atom is -0.411 e. The maximum atomic E-state index is 5.35. The van der Waals surface area contributed by atoms with Crippen molar-refractivity contribution in [3.8, 4) is 11.8 Å². The zero-order valence-corrected chi connectivity index (χ0v) is 7.73. The minimum atomic E-state index is 0.160. The van der Waals surface area contributed by atoms with Gasteiger partial charge in [0.15, 0.2) is 0 Å². The first-order chi connectivity index (χ1) is 6.74. The summed E-state index contributed by atoms with van der Waals surface area (Å²) in [6, 6.07) is 7.60. The van der Waals surface area contributed by atoms with Crippen LogP contribution >= 0.6 is 0 Å². The Kier molecular flexibility index (Phi) is 2.10. The minimum absolute atomic E-state index is 0.160. The number of nitrogen functional groups attached to an aromatic ring is 1. The van der Waals surface area contributed by atoms with Crippen LogP contribution < -0.4 is 10.5 Å². The molecule has 2 N–H and O–H groups in total. The summed E-state index contributed by atoms with van der Waals surface area (Å²) in [6.45, 7) is 1.98. The van der Waals surface area contributed by atoms with Crippen molar-refractivity contribution in [1.29, 1.82) is 0 Å². The second kappa shape index (κ2) is 3.41. The van der Waals surface area contributed by atoms with Gasteiger partial charge in [0, 0.05) is 0 Å². The Hall–Kier alpha value is -1.97. The van der Waals surface area contributed by atoms with Crippen LogP contribution in [0.2, 0.25) is 0 Å². The molecule has 0 fully saturated rings. The summed E-state index contributed by atoms with van der Waals surface area (Å²) in [5, 5.41) is 0. The third-order valence-electron chi connectivity index (χ3n) is 1.70. The summed E-state index contributed by atoms with van der Waals surface area (Å²) >= 11 is 0. The van der Waals surface area contributed by atoms with Gasteiger partial charge in [-0.25, -0.2) is 0 Å². The zero-order valence-electron chi connectivity index (χ0n) is 7.73. The number of aryl methyl sites for hydroxylation is 1. The molecule has 0 spiro atoms. The van der Waals surface area contributed by atoms with Crippen LogP contribution in [0.25, 0.3) is 0 Å². The van der Waals surface area contributed by atoms with Crippen molar-refractivity contribution in [3.05, 3.63) is 36.0 Å². The number of rotatable bonds is 2. The molecule has 1 heterocycles. The molecule has 2 rings (SSSR count).